The molecule has 0 bridgehead atoms. The number of aromatic nitrogens is 1. The fraction of sp³-hybridized carbons (Fsp3) is 0.352. The number of carboxylic acids is 1. The average molecular weight is 1080 g/mol. The van der Waals surface area contributed by atoms with E-state index < -0.39 is 33.7 Å². The van der Waals surface area contributed by atoms with Crippen LogP contribution in [0.25, 0.3) is 22.4 Å². The minimum Gasteiger partial charge on any atom is -0.478 e. The lowest BCUT2D eigenvalue weighted by atomic mass is 9.96. The number of nitrogens with zero attached hydrogens (tertiary/aromatic N) is 5. The molecule has 0 saturated carbocycles. The molecule has 386 valence electrons. The van der Waals surface area contributed by atoms with E-state index >= 15 is 0 Å². The molecule has 2 atom stereocenters. The molecule has 0 amide bonds. The van der Waals surface area contributed by atoms with Crippen LogP contribution in [0.4, 0.5) is 30.2 Å². The molecular formula is C54H58ClF3N5O7PS2. The van der Waals surface area contributed by atoms with Gasteiger partial charge < -0.3 is 34.0 Å². The summed E-state index contributed by atoms with van der Waals surface area (Å²) in [5, 5.41) is 20.9. The first-order valence-electron chi connectivity index (χ1n) is 24.4. The molecule has 9 rings (SSSR count). The van der Waals surface area contributed by atoms with E-state index in [4.69, 9.17) is 16.1 Å². The van der Waals surface area contributed by atoms with Crippen LogP contribution in [0.5, 0.6) is 0 Å². The lowest BCUT2D eigenvalue weighted by molar-refractivity contribution is -0.0436. The molecule has 12 nitrogen and oxygen atoms in total. The molecule has 3 saturated heterocycles. The van der Waals surface area contributed by atoms with Gasteiger partial charge in [-0.2, -0.15) is 13.2 Å². The topological polar surface area (TPSA) is 136 Å². The Labute approximate surface area is 433 Å². The first kappa shape index (κ1) is 52.6. The SMILES string of the molecule is Cc1c(C(=O)O)c(-c2cccc(N3CCN(c4ccc(N5CCO[P@]5(=O)c5ccc(C[C@H](CCN6CCC(O)CC6)CSc6ccccc6)c(S(=O)(=O)C(F)(F)F)c5)cc4)CC3)c2)c(-c2ccc(Cl)cc2)n1C. The largest absolute Gasteiger partial charge is 0.501 e. The number of carbonyl (C=O) groups is 1. The number of aliphatic hydroxyl groups is 1. The van der Waals surface area contributed by atoms with Gasteiger partial charge in [-0.3, -0.25) is 9.24 Å². The van der Waals surface area contributed by atoms with E-state index in [9.17, 15) is 41.2 Å². The minimum atomic E-state index is -5.87. The molecule has 73 heavy (non-hydrogen) atoms. The number of aliphatic hydroxyl groups excluding tert-OH is 1. The first-order chi connectivity index (χ1) is 34.9. The minimum absolute atomic E-state index is 0.00482. The number of sulfone groups is 1. The molecule has 0 unspecified atom stereocenters. The second-order valence-electron chi connectivity index (χ2n) is 18.9. The molecule has 1 aromatic heterocycles. The third-order valence-electron chi connectivity index (χ3n) is 14.3. The smallest absolute Gasteiger partial charge is 0.478 e. The predicted octanol–water partition coefficient (Wildman–Crippen LogP) is 10.8. The van der Waals surface area contributed by atoms with Crippen LogP contribution in [0, 0.1) is 12.8 Å². The summed E-state index contributed by atoms with van der Waals surface area (Å²) in [7, 11) is -8.09. The fourth-order valence-electron chi connectivity index (χ4n) is 10.2. The Morgan fingerprint density at radius 2 is 1.48 bits per heavy atom. The summed E-state index contributed by atoms with van der Waals surface area (Å²) in [4.78, 5) is 19.5. The van der Waals surface area contributed by atoms with Crippen LogP contribution in [0.15, 0.2) is 131 Å². The van der Waals surface area contributed by atoms with Gasteiger partial charge in [0.1, 0.15) is 0 Å². The number of alkyl halides is 3. The molecule has 4 heterocycles. The van der Waals surface area contributed by atoms with Crippen molar-refractivity contribution in [3.05, 3.63) is 143 Å². The van der Waals surface area contributed by atoms with E-state index in [0.29, 0.717) is 92.8 Å². The summed E-state index contributed by atoms with van der Waals surface area (Å²) in [6.07, 6.45) is 1.57. The third kappa shape index (κ3) is 11.2. The number of likely N-dealkylation sites (tertiary alicyclic amines) is 1. The number of hydrogen-bond donors (Lipinski definition) is 2. The van der Waals surface area contributed by atoms with Gasteiger partial charge in [0.2, 0.25) is 0 Å². The summed E-state index contributed by atoms with van der Waals surface area (Å²) in [5.41, 5.74) is 0.690. The van der Waals surface area contributed by atoms with Crippen LogP contribution < -0.4 is 19.8 Å². The standard InChI is InChI=1S/C54H58ClF3N5O7PS2/c1-37-50(53(65)66)51(52(59(37)2)39-11-14-42(55)15-12-39)41-7-6-8-45(34-41)62-29-27-61(28-30-62)43-16-18-44(19-17-43)63-31-32-70-71(63,67)47-20-13-40(49(35-47)73(68,69)54(56,57)58)33-38(36-72-48-9-4-3-5-10-48)21-24-60-25-22-46(64)23-26-60/h3-20,34-35,38,46,64H,21-33,36H2,1-2H3,(H,65,66)/t38-,71+/m0/s1. The van der Waals surface area contributed by atoms with Crippen molar-refractivity contribution in [2.24, 2.45) is 13.0 Å². The highest BCUT2D eigenvalue weighted by Gasteiger charge is 2.49. The molecule has 0 spiro atoms. The van der Waals surface area contributed by atoms with Crippen molar-refractivity contribution < 1.29 is 45.7 Å². The predicted molar refractivity (Wildman–Crippen MR) is 285 cm³/mol. The highest BCUT2D eigenvalue weighted by Crippen LogP contribution is 2.56. The average Bonchev–Trinajstić information content (AvgIpc) is 3.92. The van der Waals surface area contributed by atoms with E-state index in [1.54, 1.807) is 43.0 Å². The number of piperidine rings is 1. The number of anilines is 3. The molecule has 2 N–H and O–H groups in total. The molecule has 3 aliphatic rings. The van der Waals surface area contributed by atoms with Crippen LogP contribution in [0.1, 0.15) is 40.9 Å². The maximum Gasteiger partial charge on any atom is 0.501 e. The second kappa shape index (κ2) is 21.9. The highest BCUT2D eigenvalue weighted by atomic mass is 35.5. The van der Waals surface area contributed by atoms with Crippen molar-refractivity contribution >= 4 is 69.1 Å². The molecule has 19 heteroatoms. The molecular weight excluding hydrogens is 1020 g/mol. The summed E-state index contributed by atoms with van der Waals surface area (Å²) in [5.74, 6) is -0.688. The van der Waals surface area contributed by atoms with Crippen molar-refractivity contribution in [2.45, 2.75) is 54.0 Å². The number of hydrogen-bond acceptors (Lipinski definition) is 10. The van der Waals surface area contributed by atoms with Crippen LogP contribution in [-0.4, -0.2) is 110 Å². The van der Waals surface area contributed by atoms with Gasteiger partial charge in [-0.25, -0.2) is 13.2 Å². The zero-order valence-corrected chi connectivity index (χ0v) is 43.8. The molecule has 0 aliphatic carbocycles. The fourth-order valence-corrected chi connectivity index (χ4v) is 14.7. The summed E-state index contributed by atoms with van der Waals surface area (Å²) < 4.78 is 94.7. The molecule has 5 aromatic carbocycles. The number of carboxylic acid groups (broad SMARTS) is 1. The van der Waals surface area contributed by atoms with Crippen LogP contribution in [-0.2, 0) is 32.4 Å². The summed E-state index contributed by atoms with van der Waals surface area (Å²) >= 11 is 7.77. The number of thioether (sulfide) groups is 1. The zero-order chi connectivity index (χ0) is 51.7. The Morgan fingerprint density at radius 3 is 2.14 bits per heavy atom. The number of benzene rings is 5. The Bertz CT molecular complexity index is 3090. The Hall–Kier alpha value is -5.26. The second-order valence-corrected chi connectivity index (χ2v) is 24.6. The normalized spacial score (nSPS) is 18.6. The quantitative estimate of drug-likeness (QED) is 0.0705. The van der Waals surface area contributed by atoms with Crippen molar-refractivity contribution in [3.63, 3.8) is 0 Å². The number of rotatable bonds is 16. The van der Waals surface area contributed by atoms with Gasteiger partial charge in [0, 0.05) is 90.3 Å². The number of halogens is 4. The van der Waals surface area contributed by atoms with Crippen molar-refractivity contribution in [1.82, 2.24) is 9.47 Å². The maximum absolute atomic E-state index is 15.0. The van der Waals surface area contributed by atoms with Crippen molar-refractivity contribution in [1.29, 1.82) is 0 Å². The summed E-state index contributed by atoms with van der Waals surface area (Å²) in [6, 6.07) is 36.0. The van der Waals surface area contributed by atoms with Gasteiger partial charge in [-0.15, -0.1) is 11.8 Å². The van der Waals surface area contributed by atoms with Gasteiger partial charge in [0.25, 0.3) is 9.84 Å². The van der Waals surface area contributed by atoms with Gasteiger partial charge in [0.15, 0.2) is 0 Å². The lowest BCUT2D eigenvalue weighted by Gasteiger charge is -2.37. The molecule has 3 fully saturated rings. The van der Waals surface area contributed by atoms with E-state index in [0.717, 1.165) is 39.2 Å². The first-order valence-corrected chi connectivity index (χ1v) is 28.8. The van der Waals surface area contributed by atoms with Crippen molar-refractivity contribution in [2.75, 3.05) is 79.2 Å². The Kier molecular flexibility index (Phi) is 15.8. The van der Waals surface area contributed by atoms with Crippen LogP contribution in [0.2, 0.25) is 5.02 Å². The monoisotopic (exact) mass is 1080 g/mol. The Balaban J connectivity index is 0.917. The van der Waals surface area contributed by atoms with Gasteiger partial charge in [0.05, 0.1) is 40.7 Å². The molecule has 0 radical (unpaired) electrons. The molecule has 3 aliphatic heterocycles. The highest BCUT2D eigenvalue weighted by molar-refractivity contribution is 7.99. The van der Waals surface area contributed by atoms with Crippen LogP contribution in [0.3, 0.4) is 0 Å². The Morgan fingerprint density at radius 1 is 0.822 bits per heavy atom. The zero-order valence-electron chi connectivity index (χ0n) is 40.5. The van der Waals surface area contributed by atoms with Crippen molar-refractivity contribution in [3.8, 4) is 22.4 Å². The van der Waals surface area contributed by atoms with E-state index in [1.807, 2.05) is 90.5 Å². The van der Waals surface area contributed by atoms with Gasteiger partial charge >= 0.3 is 19.0 Å². The lowest BCUT2D eigenvalue weighted by Crippen LogP contribution is -2.46. The van der Waals surface area contributed by atoms with E-state index in [-0.39, 0.29) is 48.0 Å². The van der Waals surface area contributed by atoms with E-state index in [1.165, 1.54) is 16.8 Å². The summed E-state index contributed by atoms with van der Waals surface area (Å²) in [6.45, 7) is 6.69. The van der Waals surface area contributed by atoms with Gasteiger partial charge in [-0.05, 0) is 135 Å². The van der Waals surface area contributed by atoms with Gasteiger partial charge in [-0.1, -0.05) is 60.1 Å². The maximum atomic E-state index is 15.0. The third-order valence-corrected chi connectivity index (χ3v) is 19.9. The number of aromatic carboxylic acids is 1. The number of piperazine rings is 1. The van der Waals surface area contributed by atoms with Crippen LogP contribution >= 0.6 is 30.9 Å². The molecule has 6 aromatic rings. The van der Waals surface area contributed by atoms with E-state index in [2.05, 4.69) is 14.7 Å².